The number of likely N-dealkylation sites (N-methyl/N-ethyl adjacent to an activating group) is 1. The molecule has 1 aromatic carbocycles. The molecule has 0 N–H and O–H groups in total. The highest BCUT2D eigenvalue weighted by Crippen LogP contribution is 2.29. The van der Waals surface area contributed by atoms with Crippen LogP contribution in [-0.2, 0) is 6.54 Å². The van der Waals surface area contributed by atoms with E-state index in [1.807, 2.05) is 40.1 Å². The zero-order valence-corrected chi connectivity index (χ0v) is 16.1. The minimum Gasteiger partial charge on any atom is -0.352 e. The molecule has 0 aliphatic carbocycles. The molecular weight excluding hydrogens is 364 g/mol. The van der Waals surface area contributed by atoms with Gasteiger partial charge in [-0.05, 0) is 42.9 Å². The van der Waals surface area contributed by atoms with E-state index in [1.54, 1.807) is 6.20 Å². The molecule has 7 nitrogen and oxygen atoms in total. The zero-order valence-electron chi connectivity index (χ0n) is 15.4. The minimum absolute atomic E-state index is 0.0627. The van der Waals surface area contributed by atoms with Crippen LogP contribution in [0, 0.1) is 0 Å². The van der Waals surface area contributed by atoms with Gasteiger partial charge in [0.15, 0.2) is 5.82 Å². The number of hydrogen-bond acceptors (Lipinski definition) is 5. The molecule has 0 atom stereocenters. The number of fused-ring (bicyclic) bond motifs is 1. The van der Waals surface area contributed by atoms with Crippen molar-refractivity contribution in [2.45, 2.75) is 6.54 Å². The van der Waals surface area contributed by atoms with Crippen LogP contribution in [0.1, 0.15) is 5.56 Å². The molecule has 27 heavy (non-hydrogen) atoms. The summed E-state index contributed by atoms with van der Waals surface area (Å²) in [7, 11) is 2.07. The van der Waals surface area contributed by atoms with Crippen LogP contribution in [0.25, 0.3) is 0 Å². The molecule has 2 amide bonds. The van der Waals surface area contributed by atoms with E-state index in [0.717, 1.165) is 43.2 Å². The fourth-order valence-corrected chi connectivity index (χ4v) is 3.86. The Morgan fingerprint density at radius 3 is 2.63 bits per heavy atom. The van der Waals surface area contributed by atoms with Crippen LogP contribution in [0.4, 0.5) is 16.3 Å². The number of benzene rings is 1. The first-order valence-electron chi connectivity index (χ1n) is 9.18. The summed E-state index contributed by atoms with van der Waals surface area (Å²) in [5.41, 5.74) is 2.05. The maximum atomic E-state index is 13.3. The number of rotatable bonds is 1. The monoisotopic (exact) mass is 386 g/mol. The quantitative estimate of drug-likeness (QED) is 0.752. The molecule has 0 saturated carbocycles. The van der Waals surface area contributed by atoms with Crippen molar-refractivity contribution in [2.24, 2.45) is 0 Å². The third-order valence-corrected chi connectivity index (χ3v) is 5.38. The molecule has 3 heterocycles. The predicted octanol–water partition coefficient (Wildman–Crippen LogP) is 2.32. The number of amides is 2. The van der Waals surface area contributed by atoms with Gasteiger partial charge in [-0.3, -0.25) is 4.90 Å². The SMILES string of the molecule is CN1CCN(C(=O)N2CCN(c3cccnn3)CC2)c2ccc(Cl)cc2C1. The first kappa shape index (κ1) is 18.0. The Morgan fingerprint density at radius 2 is 1.89 bits per heavy atom. The molecule has 2 aliphatic heterocycles. The van der Waals surface area contributed by atoms with Crippen LogP contribution in [0.2, 0.25) is 5.02 Å². The summed E-state index contributed by atoms with van der Waals surface area (Å²) in [5, 5.41) is 8.81. The van der Waals surface area contributed by atoms with Crippen LogP contribution in [0.15, 0.2) is 36.5 Å². The molecule has 2 aromatic rings. The summed E-state index contributed by atoms with van der Waals surface area (Å²) < 4.78 is 0. The fraction of sp³-hybridized carbons (Fsp3) is 0.421. The molecule has 142 valence electrons. The highest BCUT2D eigenvalue weighted by atomic mass is 35.5. The van der Waals surface area contributed by atoms with Gasteiger partial charge in [0.05, 0.1) is 5.69 Å². The van der Waals surface area contributed by atoms with Gasteiger partial charge in [-0.25, -0.2) is 4.79 Å². The Hall–Kier alpha value is -2.38. The second-order valence-electron chi connectivity index (χ2n) is 7.00. The van der Waals surface area contributed by atoms with Gasteiger partial charge in [-0.2, -0.15) is 5.10 Å². The smallest absolute Gasteiger partial charge is 0.324 e. The lowest BCUT2D eigenvalue weighted by atomic mass is 10.1. The van der Waals surface area contributed by atoms with Crippen molar-refractivity contribution in [3.8, 4) is 0 Å². The second kappa shape index (κ2) is 7.70. The van der Waals surface area contributed by atoms with Gasteiger partial charge in [-0.15, -0.1) is 5.10 Å². The van der Waals surface area contributed by atoms with E-state index >= 15 is 0 Å². The van der Waals surface area contributed by atoms with Gasteiger partial charge in [0.1, 0.15) is 0 Å². The van der Waals surface area contributed by atoms with E-state index in [2.05, 4.69) is 27.0 Å². The van der Waals surface area contributed by atoms with Crippen molar-refractivity contribution in [1.29, 1.82) is 0 Å². The van der Waals surface area contributed by atoms with Gasteiger partial charge in [0, 0.05) is 57.0 Å². The summed E-state index contributed by atoms with van der Waals surface area (Å²) in [6, 6.07) is 9.69. The minimum atomic E-state index is 0.0627. The fourth-order valence-electron chi connectivity index (χ4n) is 3.66. The summed E-state index contributed by atoms with van der Waals surface area (Å²) in [6.45, 7) is 5.15. The molecule has 0 unspecified atom stereocenters. The van der Waals surface area contributed by atoms with Gasteiger partial charge in [0.25, 0.3) is 0 Å². The number of aromatic nitrogens is 2. The normalized spacial score (nSPS) is 18.2. The van der Waals surface area contributed by atoms with Crippen LogP contribution in [0.5, 0.6) is 0 Å². The van der Waals surface area contributed by atoms with Gasteiger partial charge in [-0.1, -0.05) is 11.6 Å². The Kier molecular flexibility index (Phi) is 5.13. The van der Waals surface area contributed by atoms with Crippen molar-refractivity contribution in [3.63, 3.8) is 0 Å². The first-order chi connectivity index (χ1) is 13.1. The molecule has 1 saturated heterocycles. The number of nitrogens with zero attached hydrogens (tertiary/aromatic N) is 6. The van der Waals surface area contributed by atoms with Crippen molar-refractivity contribution in [2.75, 3.05) is 56.1 Å². The molecule has 0 bridgehead atoms. The molecule has 0 spiro atoms. The summed E-state index contributed by atoms with van der Waals surface area (Å²) in [6.07, 6.45) is 1.67. The highest BCUT2D eigenvalue weighted by Gasteiger charge is 2.29. The van der Waals surface area contributed by atoms with Gasteiger partial charge < -0.3 is 14.7 Å². The lowest BCUT2D eigenvalue weighted by Gasteiger charge is -2.37. The van der Waals surface area contributed by atoms with Crippen LogP contribution in [-0.4, -0.2) is 72.3 Å². The van der Waals surface area contributed by atoms with E-state index in [-0.39, 0.29) is 6.03 Å². The molecule has 4 rings (SSSR count). The molecule has 1 aromatic heterocycles. The standard InChI is InChI=1S/C19H23ClN6O/c1-23-7-12-26(17-5-4-16(20)13-15(17)14-23)19(27)25-10-8-24(9-11-25)18-3-2-6-21-22-18/h2-6,13H,7-12,14H2,1H3. The maximum Gasteiger partial charge on any atom is 0.324 e. The third kappa shape index (κ3) is 3.84. The number of carbonyl (C=O) groups is 1. The van der Waals surface area contributed by atoms with E-state index < -0.39 is 0 Å². The number of urea groups is 1. The van der Waals surface area contributed by atoms with Crippen LogP contribution >= 0.6 is 11.6 Å². The van der Waals surface area contributed by atoms with Crippen molar-refractivity contribution < 1.29 is 4.79 Å². The molecule has 1 fully saturated rings. The number of anilines is 2. The van der Waals surface area contributed by atoms with E-state index in [9.17, 15) is 4.79 Å². The molecule has 8 heteroatoms. The topological polar surface area (TPSA) is 55.8 Å². The molecular formula is C19H23ClN6O. The van der Waals surface area contributed by atoms with Crippen molar-refractivity contribution in [3.05, 3.63) is 47.1 Å². The van der Waals surface area contributed by atoms with E-state index in [0.29, 0.717) is 24.7 Å². The van der Waals surface area contributed by atoms with Gasteiger partial charge >= 0.3 is 6.03 Å². The highest BCUT2D eigenvalue weighted by molar-refractivity contribution is 6.30. The molecule has 0 radical (unpaired) electrons. The summed E-state index contributed by atoms with van der Waals surface area (Å²) in [5.74, 6) is 0.862. The van der Waals surface area contributed by atoms with Crippen LogP contribution < -0.4 is 9.80 Å². The van der Waals surface area contributed by atoms with Crippen molar-refractivity contribution >= 4 is 29.1 Å². The zero-order chi connectivity index (χ0) is 18.8. The Bertz CT molecular complexity index is 809. The second-order valence-corrected chi connectivity index (χ2v) is 7.44. The third-order valence-electron chi connectivity index (χ3n) is 5.14. The lowest BCUT2D eigenvalue weighted by molar-refractivity contribution is 0.200. The van der Waals surface area contributed by atoms with Crippen LogP contribution in [0.3, 0.4) is 0 Å². The van der Waals surface area contributed by atoms with E-state index in [4.69, 9.17) is 11.6 Å². The lowest BCUT2D eigenvalue weighted by Crippen LogP contribution is -2.53. The first-order valence-corrected chi connectivity index (χ1v) is 9.56. The molecule has 2 aliphatic rings. The predicted molar refractivity (Wildman–Crippen MR) is 106 cm³/mol. The van der Waals surface area contributed by atoms with E-state index in [1.165, 1.54) is 0 Å². The Balaban J connectivity index is 1.49. The van der Waals surface area contributed by atoms with Crippen molar-refractivity contribution in [1.82, 2.24) is 20.0 Å². The average molecular weight is 387 g/mol. The Labute approximate surface area is 164 Å². The number of carbonyl (C=O) groups excluding carboxylic acids is 1. The summed E-state index contributed by atoms with van der Waals surface area (Å²) >= 11 is 6.18. The summed E-state index contributed by atoms with van der Waals surface area (Å²) in [4.78, 5) is 21.5. The number of piperazine rings is 1. The van der Waals surface area contributed by atoms with Gasteiger partial charge in [0.2, 0.25) is 0 Å². The average Bonchev–Trinajstić information content (AvgIpc) is 2.86. The number of halogens is 1. The Morgan fingerprint density at radius 1 is 1.07 bits per heavy atom. The number of hydrogen-bond donors (Lipinski definition) is 0. The maximum absolute atomic E-state index is 13.3. The largest absolute Gasteiger partial charge is 0.352 e.